The summed E-state index contributed by atoms with van der Waals surface area (Å²) in [6.07, 6.45) is 2.00. The summed E-state index contributed by atoms with van der Waals surface area (Å²) in [5, 5.41) is 1.17. The normalized spacial score (nSPS) is 20.4. The summed E-state index contributed by atoms with van der Waals surface area (Å²) in [4.78, 5) is 0. The second-order valence-electron chi connectivity index (χ2n) is 6.75. The monoisotopic (exact) mass is 322 g/mol. The molecule has 3 rings (SSSR count). The highest BCUT2D eigenvalue weighted by atomic mass is 35.5. The fourth-order valence-electron chi connectivity index (χ4n) is 3.45. The molecular formula is C17H20Cl2N2. The van der Waals surface area contributed by atoms with Crippen molar-refractivity contribution in [3.05, 3.63) is 51.3 Å². The minimum absolute atomic E-state index is 0.0849. The van der Waals surface area contributed by atoms with E-state index in [1.807, 2.05) is 18.2 Å². The van der Waals surface area contributed by atoms with Crippen molar-refractivity contribution in [2.75, 3.05) is 0 Å². The Morgan fingerprint density at radius 3 is 2.71 bits per heavy atom. The quantitative estimate of drug-likeness (QED) is 0.781. The number of aryl methyl sites for hydroxylation is 1. The number of hydrogen-bond acceptors (Lipinski definition) is 1. The molecule has 0 saturated heterocycles. The molecule has 1 aromatic carbocycles. The largest absolute Gasteiger partial charge is 0.324 e. The van der Waals surface area contributed by atoms with E-state index in [-0.39, 0.29) is 11.5 Å². The van der Waals surface area contributed by atoms with E-state index in [2.05, 4.69) is 31.4 Å². The van der Waals surface area contributed by atoms with Crippen molar-refractivity contribution in [1.29, 1.82) is 0 Å². The zero-order chi connectivity index (χ0) is 15.4. The zero-order valence-corrected chi connectivity index (χ0v) is 14.1. The summed E-state index contributed by atoms with van der Waals surface area (Å²) in [5.41, 5.74) is 11.2. The predicted octanol–water partition coefficient (Wildman–Crippen LogP) is 5.06. The number of halogens is 2. The van der Waals surface area contributed by atoms with Gasteiger partial charge in [0.1, 0.15) is 0 Å². The van der Waals surface area contributed by atoms with Crippen LogP contribution in [0.2, 0.25) is 10.0 Å². The molecule has 0 aliphatic heterocycles. The average molecular weight is 323 g/mol. The van der Waals surface area contributed by atoms with Crippen LogP contribution in [-0.2, 0) is 6.42 Å². The van der Waals surface area contributed by atoms with Crippen molar-refractivity contribution >= 4 is 23.2 Å². The number of aromatic nitrogens is 1. The Hall–Kier alpha value is -0.960. The van der Waals surface area contributed by atoms with Gasteiger partial charge in [0.05, 0.1) is 15.7 Å². The second-order valence-corrected chi connectivity index (χ2v) is 7.53. The fraction of sp³-hybridized carbons (Fsp3) is 0.412. The molecule has 1 heterocycles. The minimum Gasteiger partial charge on any atom is -0.324 e. The van der Waals surface area contributed by atoms with E-state index in [0.29, 0.717) is 10.0 Å². The maximum absolute atomic E-state index is 6.42. The van der Waals surface area contributed by atoms with Crippen molar-refractivity contribution in [3.63, 3.8) is 0 Å². The number of nitrogens with two attached hydrogens (primary N) is 1. The summed E-state index contributed by atoms with van der Waals surface area (Å²) in [5.74, 6) is 0. The number of rotatable bonds is 1. The summed E-state index contributed by atoms with van der Waals surface area (Å²) >= 11 is 12.6. The summed E-state index contributed by atoms with van der Waals surface area (Å²) in [6, 6.07) is 8.03. The topological polar surface area (TPSA) is 30.9 Å². The predicted molar refractivity (Wildman–Crippen MR) is 89.6 cm³/mol. The van der Waals surface area contributed by atoms with Gasteiger partial charge in [0.2, 0.25) is 0 Å². The van der Waals surface area contributed by atoms with Gasteiger partial charge < -0.3 is 10.3 Å². The van der Waals surface area contributed by atoms with Crippen LogP contribution < -0.4 is 5.73 Å². The van der Waals surface area contributed by atoms with Gasteiger partial charge in [-0.05, 0) is 48.9 Å². The minimum atomic E-state index is 0.0849. The molecule has 1 unspecified atom stereocenters. The van der Waals surface area contributed by atoms with E-state index in [4.69, 9.17) is 28.9 Å². The molecule has 0 spiro atoms. The Kier molecular flexibility index (Phi) is 3.59. The lowest BCUT2D eigenvalue weighted by Gasteiger charge is -2.34. The number of nitrogens with zero attached hydrogens (tertiary/aromatic N) is 1. The molecule has 1 aliphatic rings. The molecule has 1 aliphatic carbocycles. The molecule has 4 heteroatoms. The van der Waals surface area contributed by atoms with Gasteiger partial charge in [-0.1, -0.05) is 43.1 Å². The average Bonchev–Trinajstić information content (AvgIpc) is 2.69. The maximum atomic E-state index is 6.42. The van der Waals surface area contributed by atoms with Crippen molar-refractivity contribution < 1.29 is 0 Å². The Balaban J connectivity index is 2.24. The van der Waals surface area contributed by atoms with Crippen LogP contribution >= 0.6 is 23.2 Å². The molecule has 0 radical (unpaired) electrons. The van der Waals surface area contributed by atoms with Crippen LogP contribution in [0.1, 0.15) is 43.3 Å². The van der Waals surface area contributed by atoms with Gasteiger partial charge in [0, 0.05) is 17.4 Å². The lowest BCUT2D eigenvalue weighted by atomic mass is 9.74. The Bertz CT molecular complexity index is 701. The first-order valence-corrected chi connectivity index (χ1v) is 7.97. The molecule has 1 aromatic heterocycles. The molecule has 0 amide bonds. The third kappa shape index (κ3) is 2.50. The highest BCUT2D eigenvalue weighted by Gasteiger charge is 2.33. The maximum Gasteiger partial charge on any atom is 0.0832 e. The molecule has 0 saturated carbocycles. The first-order valence-electron chi connectivity index (χ1n) is 7.21. The van der Waals surface area contributed by atoms with Gasteiger partial charge in [-0.15, -0.1) is 0 Å². The van der Waals surface area contributed by atoms with Crippen LogP contribution in [0.15, 0.2) is 24.3 Å². The smallest absolute Gasteiger partial charge is 0.0832 e. The van der Waals surface area contributed by atoms with Crippen LogP contribution in [-0.4, -0.2) is 4.57 Å². The third-order valence-corrected chi connectivity index (χ3v) is 5.12. The van der Waals surface area contributed by atoms with Gasteiger partial charge in [0.25, 0.3) is 0 Å². The number of fused-ring (bicyclic) bond motifs is 1. The Morgan fingerprint density at radius 1 is 1.29 bits per heavy atom. The van der Waals surface area contributed by atoms with Gasteiger partial charge in [-0.2, -0.15) is 0 Å². The van der Waals surface area contributed by atoms with Gasteiger partial charge in [-0.25, -0.2) is 0 Å². The van der Waals surface area contributed by atoms with Gasteiger partial charge >= 0.3 is 0 Å². The molecule has 2 nitrogen and oxygen atoms in total. The lowest BCUT2D eigenvalue weighted by Crippen LogP contribution is -2.30. The van der Waals surface area contributed by atoms with Crippen molar-refractivity contribution in [1.82, 2.24) is 4.57 Å². The SMILES string of the molecule is Cc1cc2c(n1-c1cccc(Cl)c1Cl)CC(C)(C)CC2N. The standard InChI is InChI=1S/C17H20Cl2N2/c1-10-7-11-13(20)8-17(2,3)9-15(11)21(10)14-6-4-5-12(18)16(14)19/h4-7,13H,8-9,20H2,1-3H3. The first kappa shape index (κ1) is 15.0. The van der Waals surface area contributed by atoms with Crippen molar-refractivity contribution in [2.45, 2.75) is 39.7 Å². The fourth-order valence-corrected chi connectivity index (χ4v) is 3.83. The van der Waals surface area contributed by atoms with E-state index in [1.54, 1.807) is 0 Å². The summed E-state index contributed by atoms with van der Waals surface area (Å²) in [7, 11) is 0. The first-order chi connectivity index (χ1) is 9.80. The molecule has 0 fully saturated rings. The molecule has 21 heavy (non-hydrogen) atoms. The van der Waals surface area contributed by atoms with E-state index < -0.39 is 0 Å². The molecule has 2 aromatic rings. The summed E-state index contributed by atoms with van der Waals surface area (Å²) in [6.45, 7) is 6.62. The third-order valence-electron chi connectivity index (χ3n) is 4.31. The van der Waals surface area contributed by atoms with Crippen LogP contribution in [0.25, 0.3) is 5.69 Å². The Morgan fingerprint density at radius 2 is 2.00 bits per heavy atom. The molecule has 0 bridgehead atoms. The van der Waals surface area contributed by atoms with Gasteiger partial charge in [-0.3, -0.25) is 0 Å². The van der Waals surface area contributed by atoms with Crippen molar-refractivity contribution in [3.8, 4) is 5.69 Å². The lowest BCUT2D eigenvalue weighted by molar-refractivity contribution is 0.278. The van der Waals surface area contributed by atoms with Crippen LogP contribution in [0.5, 0.6) is 0 Å². The second kappa shape index (κ2) is 5.05. The highest BCUT2D eigenvalue weighted by molar-refractivity contribution is 6.43. The van der Waals surface area contributed by atoms with Crippen molar-refractivity contribution in [2.24, 2.45) is 11.1 Å². The van der Waals surface area contributed by atoms with Crippen LogP contribution in [0, 0.1) is 12.3 Å². The number of benzene rings is 1. The Labute approximate surface area is 135 Å². The van der Waals surface area contributed by atoms with Crippen LogP contribution in [0.3, 0.4) is 0 Å². The van der Waals surface area contributed by atoms with E-state index in [0.717, 1.165) is 24.2 Å². The highest BCUT2D eigenvalue weighted by Crippen LogP contribution is 2.43. The van der Waals surface area contributed by atoms with E-state index >= 15 is 0 Å². The zero-order valence-electron chi connectivity index (χ0n) is 12.6. The molecule has 2 N–H and O–H groups in total. The molecule has 112 valence electrons. The van der Waals surface area contributed by atoms with E-state index in [9.17, 15) is 0 Å². The van der Waals surface area contributed by atoms with Crippen LogP contribution in [0.4, 0.5) is 0 Å². The summed E-state index contributed by atoms with van der Waals surface area (Å²) < 4.78 is 2.21. The number of hydrogen-bond donors (Lipinski definition) is 1. The van der Waals surface area contributed by atoms with Gasteiger partial charge in [0.15, 0.2) is 0 Å². The molecular weight excluding hydrogens is 303 g/mol. The molecule has 1 atom stereocenters. The van der Waals surface area contributed by atoms with E-state index in [1.165, 1.54) is 11.3 Å².